The molecule has 5 nitrogen and oxygen atoms in total. The Kier molecular flexibility index (Phi) is 5.04. The minimum Gasteiger partial charge on any atom is -0.363 e. The summed E-state index contributed by atoms with van der Waals surface area (Å²) in [5.41, 5.74) is 0.985. The molecule has 5 heteroatoms. The first kappa shape index (κ1) is 14.7. The highest BCUT2D eigenvalue weighted by molar-refractivity contribution is 5.91. The first-order valence-electron chi connectivity index (χ1n) is 6.65. The fourth-order valence-electron chi connectivity index (χ4n) is 1.68. The summed E-state index contributed by atoms with van der Waals surface area (Å²) in [5, 5.41) is 2.77. The van der Waals surface area contributed by atoms with Gasteiger partial charge in [-0.1, -0.05) is 30.3 Å². The van der Waals surface area contributed by atoms with E-state index < -0.39 is 0 Å². The van der Waals surface area contributed by atoms with E-state index in [0.717, 1.165) is 11.4 Å². The van der Waals surface area contributed by atoms with Gasteiger partial charge in [0.2, 0.25) is 5.91 Å². The predicted octanol–water partition coefficient (Wildman–Crippen LogP) is 1.87. The van der Waals surface area contributed by atoms with Gasteiger partial charge in [-0.3, -0.25) is 4.79 Å². The number of benzene rings is 1. The molecule has 0 unspecified atom stereocenters. The molecule has 2 aromatic rings. The van der Waals surface area contributed by atoms with E-state index in [2.05, 4.69) is 15.3 Å². The van der Waals surface area contributed by atoms with E-state index >= 15 is 0 Å². The van der Waals surface area contributed by atoms with Gasteiger partial charge in [-0.05, 0) is 17.7 Å². The van der Waals surface area contributed by atoms with Gasteiger partial charge in [-0.2, -0.15) is 0 Å². The molecular weight excluding hydrogens is 264 g/mol. The van der Waals surface area contributed by atoms with Crippen molar-refractivity contribution in [3.63, 3.8) is 0 Å². The van der Waals surface area contributed by atoms with Crippen molar-refractivity contribution in [3.8, 4) is 0 Å². The largest absolute Gasteiger partial charge is 0.363 e. The molecule has 0 fully saturated rings. The number of nitrogens with zero attached hydrogens (tertiary/aromatic N) is 3. The van der Waals surface area contributed by atoms with Crippen LogP contribution in [0.5, 0.6) is 0 Å². The highest BCUT2D eigenvalue weighted by atomic mass is 16.1. The number of carbonyl (C=O) groups is 1. The minimum atomic E-state index is -0.169. The maximum atomic E-state index is 11.7. The van der Waals surface area contributed by atoms with E-state index in [-0.39, 0.29) is 5.91 Å². The Bertz CT molecular complexity index is 623. The van der Waals surface area contributed by atoms with Crippen LogP contribution in [0.15, 0.2) is 48.7 Å². The topological polar surface area (TPSA) is 58.1 Å². The van der Waals surface area contributed by atoms with Crippen molar-refractivity contribution in [3.05, 3.63) is 60.1 Å². The molecule has 2 rings (SSSR count). The second kappa shape index (κ2) is 7.19. The third kappa shape index (κ3) is 4.72. The number of aromatic nitrogens is 2. The zero-order valence-electron chi connectivity index (χ0n) is 12.2. The van der Waals surface area contributed by atoms with Gasteiger partial charge in [-0.25, -0.2) is 9.97 Å². The number of amides is 1. The molecule has 1 heterocycles. The molecule has 0 radical (unpaired) electrons. The van der Waals surface area contributed by atoms with Crippen molar-refractivity contribution in [2.24, 2.45) is 0 Å². The summed E-state index contributed by atoms with van der Waals surface area (Å²) in [7, 11) is 3.82. The zero-order chi connectivity index (χ0) is 15.1. The monoisotopic (exact) mass is 282 g/mol. The zero-order valence-corrected chi connectivity index (χ0v) is 12.2. The number of hydrogen-bond donors (Lipinski definition) is 1. The SMILES string of the molecule is CN(C)c1ccnc(CNC(=O)C=Cc2ccccc2)n1. The lowest BCUT2D eigenvalue weighted by atomic mass is 10.2. The van der Waals surface area contributed by atoms with Crippen molar-refractivity contribution >= 4 is 17.8 Å². The molecule has 1 aromatic carbocycles. The Hall–Kier alpha value is -2.69. The van der Waals surface area contributed by atoms with Gasteiger partial charge < -0.3 is 10.2 Å². The fourth-order valence-corrected chi connectivity index (χ4v) is 1.68. The molecular formula is C16H18N4O. The van der Waals surface area contributed by atoms with Crippen molar-refractivity contribution in [1.29, 1.82) is 0 Å². The van der Waals surface area contributed by atoms with Gasteiger partial charge in [0.15, 0.2) is 0 Å². The lowest BCUT2D eigenvalue weighted by Crippen LogP contribution is -2.22. The molecule has 0 saturated heterocycles. The van der Waals surface area contributed by atoms with E-state index in [9.17, 15) is 4.79 Å². The minimum absolute atomic E-state index is 0.169. The van der Waals surface area contributed by atoms with Gasteiger partial charge in [0.05, 0.1) is 6.54 Å². The van der Waals surface area contributed by atoms with Crippen molar-refractivity contribution in [2.45, 2.75) is 6.54 Å². The molecule has 0 saturated carbocycles. The van der Waals surface area contributed by atoms with Crippen LogP contribution in [0.25, 0.3) is 6.08 Å². The van der Waals surface area contributed by atoms with Gasteiger partial charge in [-0.15, -0.1) is 0 Å². The van der Waals surface area contributed by atoms with Crippen molar-refractivity contribution in [2.75, 3.05) is 19.0 Å². The molecule has 0 bridgehead atoms. The first-order valence-corrected chi connectivity index (χ1v) is 6.65. The normalized spacial score (nSPS) is 10.6. The van der Waals surface area contributed by atoms with Crippen LogP contribution in [0.1, 0.15) is 11.4 Å². The second-order valence-electron chi connectivity index (χ2n) is 4.69. The maximum absolute atomic E-state index is 11.7. The lowest BCUT2D eigenvalue weighted by molar-refractivity contribution is -0.116. The predicted molar refractivity (Wildman–Crippen MR) is 83.7 cm³/mol. The summed E-state index contributed by atoms with van der Waals surface area (Å²) in [6.07, 6.45) is 4.96. The number of carbonyl (C=O) groups excluding carboxylic acids is 1. The van der Waals surface area contributed by atoms with E-state index in [1.165, 1.54) is 6.08 Å². The summed E-state index contributed by atoms with van der Waals surface area (Å²) >= 11 is 0. The van der Waals surface area contributed by atoms with Crippen LogP contribution in [0.3, 0.4) is 0 Å². The molecule has 1 N–H and O–H groups in total. The lowest BCUT2D eigenvalue weighted by Gasteiger charge is -2.11. The Morgan fingerprint density at radius 2 is 2.00 bits per heavy atom. The second-order valence-corrected chi connectivity index (χ2v) is 4.69. The van der Waals surface area contributed by atoms with E-state index in [0.29, 0.717) is 12.4 Å². The Morgan fingerprint density at radius 1 is 1.24 bits per heavy atom. The summed E-state index contributed by atoms with van der Waals surface area (Å²) in [5.74, 6) is 1.23. The molecule has 0 spiro atoms. The van der Waals surface area contributed by atoms with E-state index in [1.807, 2.05) is 55.4 Å². The third-order valence-corrected chi connectivity index (χ3v) is 2.80. The van der Waals surface area contributed by atoms with E-state index in [4.69, 9.17) is 0 Å². The third-order valence-electron chi connectivity index (χ3n) is 2.80. The standard InChI is InChI=1S/C16H18N4O/c1-20(2)15-10-11-17-14(19-15)12-18-16(21)9-8-13-6-4-3-5-7-13/h3-11H,12H2,1-2H3,(H,18,21). The van der Waals surface area contributed by atoms with Gasteiger partial charge >= 0.3 is 0 Å². The van der Waals surface area contributed by atoms with Crippen molar-refractivity contribution < 1.29 is 4.79 Å². The molecule has 21 heavy (non-hydrogen) atoms. The molecule has 0 aliphatic heterocycles. The van der Waals surface area contributed by atoms with Crippen molar-refractivity contribution in [1.82, 2.24) is 15.3 Å². The molecule has 108 valence electrons. The highest BCUT2D eigenvalue weighted by Gasteiger charge is 2.02. The van der Waals surface area contributed by atoms with E-state index in [1.54, 1.807) is 12.3 Å². The van der Waals surface area contributed by atoms with Crippen LogP contribution in [-0.4, -0.2) is 30.0 Å². The molecule has 0 atom stereocenters. The molecule has 1 amide bonds. The van der Waals surface area contributed by atoms with Crippen LogP contribution in [0.2, 0.25) is 0 Å². The van der Waals surface area contributed by atoms with Gasteiger partial charge in [0, 0.05) is 26.4 Å². The molecule has 1 aromatic heterocycles. The van der Waals surface area contributed by atoms with Gasteiger partial charge in [0.25, 0.3) is 0 Å². The highest BCUT2D eigenvalue weighted by Crippen LogP contribution is 2.05. The average Bonchev–Trinajstić information content (AvgIpc) is 2.52. The summed E-state index contributed by atoms with van der Waals surface area (Å²) in [4.78, 5) is 22.1. The van der Waals surface area contributed by atoms with Crippen LogP contribution in [0, 0.1) is 0 Å². The number of rotatable bonds is 5. The summed E-state index contributed by atoms with van der Waals surface area (Å²) in [6.45, 7) is 0.305. The fraction of sp³-hybridized carbons (Fsp3) is 0.188. The van der Waals surface area contributed by atoms with Crippen LogP contribution in [0.4, 0.5) is 5.82 Å². The quantitative estimate of drug-likeness (QED) is 0.851. The summed E-state index contributed by atoms with van der Waals surface area (Å²) < 4.78 is 0. The summed E-state index contributed by atoms with van der Waals surface area (Å²) in [6, 6.07) is 11.5. The molecule has 0 aliphatic carbocycles. The average molecular weight is 282 g/mol. The van der Waals surface area contributed by atoms with Crippen LogP contribution >= 0.6 is 0 Å². The Morgan fingerprint density at radius 3 is 2.71 bits per heavy atom. The number of anilines is 1. The molecule has 0 aliphatic rings. The smallest absolute Gasteiger partial charge is 0.244 e. The maximum Gasteiger partial charge on any atom is 0.244 e. The Labute approximate surface area is 124 Å². The number of nitrogens with one attached hydrogen (secondary N) is 1. The van der Waals surface area contributed by atoms with Crippen LogP contribution in [-0.2, 0) is 11.3 Å². The van der Waals surface area contributed by atoms with Gasteiger partial charge in [0.1, 0.15) is 11.6 Å². The Balaban J connectivity index is 1.89. The number of hydrogen-bond acceptors (Lipinski definition) is 4. The first-order chi connectivity index (χ1) is 10.1. The van der Waals surface area contributed by atoms with Crippen LogP contribution < -0.4 is 10.2 Å².